The van der Waals surface area contributed by atoms with Gasteiger partial charge in [-0.3, -0.25) is 0 Å². The Balaban J connectivity index is 1.98. The number of rotatable bonds is 6. The third kappa shape index (κ3) is 2.98. The summed E-state index contributed by atoms with van der Waals surface area (Å²) in [6.07, 6.45) is 4.61. The Hall–Kier alpha value is -1.07. The van der Waals surface area contributed by atoms with Crippen LogP contribution in [0.4, 0.5) is 5.82 Å². The molecule has 94 valence electrons. The van der Waals surface area contributed by atoms with E-state index in [0.29, 0.717) is 16.9 Å². The van der Waals surface area contributed by atoms with E-state index in [2.05, 4.69) is 15.3 Å². The van der Waals surface area contributed by atoms with Gasteiger partial charge in [-0.1, -0.05) is 11.6 Å². The van der Waals surface area contributed by atoms with Crippen molar-refractivity contribution < 1.29 is 9.84 Å². The number of hydrogen-bond acceptors (Lipinski definition) is 5. The molecule has 0 spiro atoms. The van der Waals surface area contributed by atoms with Gasteiger partial charge in [-0.2, -0.15) is 4.98 Å². The number of aliphatic hydroxyl groups excluding tert-OH is 1. The van der Waals surface area contributed by atoms with Crippen LogP contribution < -0.4 is 10.1 Å². The van der Waals surface area contributed by atoms with Gasteiger partial charge < -0.3 is 15.2 Å². The molecular formula is C11H16ClN3O2. The molecule has 0 bridgehead atoms. The first-order valence-corrected chi connectivity index (χ1v) is 5.98. The maximum atomic E-state index is 8.98. The second-order valence-corrected chi connectivity index (χ2v) is 4.79. The molecule has 0 aliphatic heterocycles. The van der Waals surface area contributed by atoms with Crippen LogP contribution in [0.5, 0.6) is 6.01 Å². The van der Waals surface area contributed by atoms with Gasteiger partial charge in [-0.05, 0) is 24.7 Å². The molecule has 2 N–H and O–H groups in total. The zero-order chi connectivity index (χ0) is 12.3. The topological polar surface area (TPSA) is 67.3 Å². The minimum Gasteiger partial charge on any atom is -0.467 e. The molecule has 1 heterocycles. The van der Waals surface area contributed by atoms with Crippen molar-refractivity contribution in [2.45, 2.75) is 19.3 Å². The summed E-state index contributed by atoms with van der Waals surface area (Å²) < 4.78 is 4.94. The Labute approximate surface area is 105 Å². The van der Waals surface area contributed by atoms with E-state index in [1.807, 2.05) is 0 Å². The number of aromatic nitrogens is 2. The summed E-state index contributed by atoms with van der Waals surface area (Å²) in [5.74, 6) is 0.586. The first-order valence-electron chi connectivity index (χ1n) is 5.60. The van der Waals surface area contributed by atoms with Gasteiger partial charge in [-0.15, -0.1) is 0 Å². The lowest BCUT2D eigenvalue weighted by Crippen LogP contribution is -2.17. The second kappa shape index (κ2) is 5.06. The fraction of sp³-hybridized carbons (Fsp3) is 0.636. The van der Waals surface area contributed by atoms with E-state index in [1.54, 1.807) is 0 Å². The molecule has 1 saturated carbocycles. The van der Waals surface area contributed by atoms with Crippen molar-refractivity contribution in [1.29, 1.82) is 0 Å². The van der Waals surface area contributed by atoms with Crippen molar-refractivity contribution in [3.05, 3.63) is 11.2 Å². The van der Waals surface area contributed by atoms with E-state index in [-0.39, 0.29) is 12.0 Å². The number of anilines is 1. The van der Waals surface area contributed by atoms with Gasteiger partial charge in [0.1, 0.15) is 5.02 Å². The van der Waals surface area contributed by atoms with Gasteiger partial charge >= 0.3 is 6.01 Å². The van der Waals surface area contributed by atoms with E-state index in [9.17, 15) is 0 Å². The molecular weight excluding hydrogens is 242 g/mol. The molecule has 0 saturated heterocycles. The van der Waals surface area contributed by atoms with Crippen LogP contribution in [0.3, 0.4) is 0 Å². The summed E-state index contributed by atoms with van der Waals surface area (Å²) in [6, 6.07) is 0.295. The van der Waals surface area contributed by atoms with Crippen LogP contribution in [0.1, 0.15) is 19.3 Å². The number of ether oxygens (including phenoxy) is 1. The van der Waals surface area contributed by atoms with Crippen LogP contribution in [0.25, 0.3) is 0 Å². The molecule has 5 nitrogen and oxygen atoms in total. The van der Waals surface area contributed by atoms with E-state index in [1.165, 1.54) is 13.3 Å². The number of methoxy groups -OCH3 is 1. The minimum atomic E-state index is 0.219. The van der Waals surface area contributed by atoms with Crippen molar-refractivity contribution in [2.24, 2.45) is 5.41 Å². The highest BCUT2D eigenvalue weighted by Gasteiger charge is 2.41. The summed E-state index contributed by atoms with van der Waals surface area (Å²) in [4.78, 5) is 8.05. The highest BCUT2D eigenvalue weighted by Crippen LogP contribution is 2.48. The van der Waals surface area contributed by atoms with Crippen LogP contribution in [-0.4, -0.2) is 35.3 Å². The highest BCUT2D eigenvalue weighted by molar-refractivity contribution is 6.32. The molecule has 0 atom stereocenters. The first-order chi connectivity index (χ1) is 8.19. The van der Waals surface area contributed by atoms with E-state index in [4.69, 9.17) is 21.4 Å². The second-order valence-electron chi connectivity index (χ2n) is 4.38. The van der Waals surface area contributed by atoms with Gasteiger partial charge in [-0.25, -0.2) is 4.98 Å². The molecule has 1 fully saturated rings. The average molecular weight is 258 g/mol. The fourth-order valence-corrected chi connectivity index (χ4v) is 1.93. The standard InChI is InChI=1S/C11H16ClN3O2/c1-17-10-13-6-8(12)9(15-10)14-7-11(2-3-11)4-5-16/h6,16H,2-5,7H2,1H3,(H,13,14,15). The van der Waals surface area contributed by atoms with Crippen molar-refractivity contribution >= 4 is 17.4 Å². The Kier molecular flexibility index (Phi) is 3.69. The normalized spacial score (nSPS) is 16.6. The molecule has 17 heavy (non-hydrogen) atoms. The van der Waals surface area contributed by atoms with Crippen LogP contribution in [0.15, 0.2) is 6.20 Å². The molecule has 1 aromatic heterocycles. The summed E-state index contributed by atoms with van der Waals surface area (Å²) in [7, 11) is 1.52. The van der Waals surface area contributed by atoms with Gasteiger partial charge in [0.2, 0.25) is 0 Å². The molecule has 0 unspecified atom stereocenters. The SMILES string of the molecule is COc1ncc(Cl)c(NCC2(CCO)CC2)n1. The Morgan fingerprint density at radius 1 is 1.59 bits per heavy atom. The molecule has 0 aromatic carbocycles. The summed E-state index contributed by atoms with van der Waals surface area (Å²) in [5, 5.41) is 12.7. The molecule has 1 aromatic rings. The Morgan fingerprint density at radius 2 is 2.35 bits per heavy atom. The molecule has 0 amide bonds. The third-order valence-corrected chi connectivity index (χ3v) is 3.41. The average Bonchev–Trinajstić information content (AvgIpc) is 3.09. The number of nitrogens with one attached hydrogen (secondary N) is 1. The van der Waals surface area contributed by atoms with Crippen molar-refractivity contribution in [1.82, 2.24) is 9.97 Å². The lowest BCUT2D eigenvalue weighted by Gasteiger charge is -2.15. The highest BCUT2D eigenvalue weighted by atomic mass is 35.5. The first kappa shape index (κ1) is 12.4. The molecule has 2 rings (SSSR count). The number of hydrogen-bond donors (Lipinski definition) is 2. The predicted molar refractivity (Wildman–Crippen MR) is 65.5 cm³/mol. The lowest BCUT2D eigenvalue weighted by atomic mass is 10.0. The van der Waals surface area contributed by atoms with E-state index in [0.717, 1.165) is 25.8 Å². The molecule has 1 aliphatic carbocycles. The van der Waals surface area contributed by atoms with Gasteiger partial charge in [0.25, 0.3) is 0 Å². The van der Waals surface area contributed by atoms with Gasteiger partial charge in [0.05, 0.1) is 13.3 Å². The fourth-order valence-electron chi connectivity index (χ4n) is 1.77. The summed E-state index contributed by atoms with van der Waals surface area (Å²) >= 11 is 5.99. The van der Waals surface area contributed by atoms with Gasteiger partial charge in [0, 0.05) is 13.2 Å². The number of halogens is 1. The number of nitrogens with zero attached hydrogens (tertiary/aromatic N) is 2. The predicted octanol–water partition coefficient (Wildman–Crippen LogP) is 1.71. The molecule has 6 heteroatoms. The summed E-state index contributed by atoms with van der Waals surface area (Å²) in [5.41, 5.74) is 0.219. The summed E-state index contributed by atoms with van der Waals surface area (Å²) in [6.45, 7) is 0.996. The van der Waals surface area contributed by atoms with E-state index >= 15 is 0 Å². The van der Waals surface area contributed by atoms with Crippen LogP contribution in [0, 0.1) is 5.41 Å². The van der Waals surface area contributed by atoms with Gasteiger partial charge in [0.15, 0.2) is 5.82 Å². The maximum Gasteiger partial charge on any atom is 0.318 e. The zero-order valence-electron chi connectivity index (χ0n) is 9.74. The quantitative estimate of drug-likeness (QED) is 0.812. The Bertz CT molecular complexity index is 396. The maximum absolute atomic E-state index is 8.98. The van der Waals surface area contributed by atoms with Crippen molar-refractivity contribution in [3.63, 3.8) is 0 Å². The zero-order valence-corrected chi connectivity index (χ0v) is 10.5. The lowest BCUT2D eigenvalue weighted by molar-refractivity contribution is 0.253. The van der Waals surface area contributed by atoms with E-state index < -0.39 is 0 Å². The largest absolute Gasteiger partial charge is 0.467 e. The number of aliphatic hydroxyl groups is 1. The molecule has 0 radical (unpaired) electrons. The van der Waals surface area contributed by atoms with Crippen LogP contribution >= 0.6 is 11.6 Å². The monoisotopic (exact) mass is 257 g/mol. The smallest absolute Gasteiger partial charge is 0.318 e. The van der Waals surface area contributed by atoms with Crippen molar-refractivity contribution in [3.8, 4) is 6.01 Å². The van der Waals surface area contributed by atoms with Crippen LogP contribution in [0.2, 0.25) is 5.02 Å². The van der Waals surface area contributed by atoms with Crippen LogP contribution in [-0.2, 0) is 0 Å². The minimum absolute atomic E-state index is 0.219. The molecule has 1 aliphatic rings. The third-order valence-electron chi connectivity index (χ3n) is 3.13. The Morgan fingerprint density at radius 3 is 2.94 bits per heavy atom. The van der Waals surface area contributed by atoms with Crippen molar-refractivity contribution in [2.75, 3.05) is 25.6 Å².